The van der Waals surface area contributed by atoms with Crippen molar-refractivity contribution in [2.45, 2.75) is 20.0 Å². The van der Waals surface area contributed by atoms with Gasteiger partial charge in [-0.25, -0.2) is 5.43 Å². The fraction of sp³-hybridized carbons (Fsp3) is 0.125. The smallest absolute Gasteiger partial charge is 0.271 e. The number of hydrazone groups is 1. The van der Waals surface area contributed by atoms with Crippen molar-refractivity contribution in [1.29, 1.82) is 0 Å². The first-order valence-corrected chi connectivity index (χ1v) is 9.55. The van der Waals surface area contributed by atoms with Crippen LogP contribution in [-0.2, 0) is 11.4 Å². The summed E-state index contributed by atoms with van der Waals surface area (Å²) in [6, 6.07) is 25.8. The van der Waals surface area contributed by atoms with Crippen LogP contribution in [0.25, 0.3) is 0 Å². The number of carbonyl (C=O) groups is 2. The maximum atomic E-state index is 12.2. The molecule has 152 valence electrons. The number of nitrogens with zero attached hydrogens (tertiary/aromatic N) is 1. The molecule has 0 aromatic heterocycles. The van der Waals surface area contributed by atoms with Gasteiger partial charge in [-0.1, -0.05) is 48.5 Å². The highest BCUT2D eigenvalue weighted by Crippen LogP contribution is 2.17. The SMILES string of the molecule is C/C(CC(=O)Nc1ccc(OCc2ccccc2)cc1)=N\NC(=O)c1ccccc1. The third kappa shape index (κ3) is 6.60. The molecule has 2 N–H and O–H groups in total. The van der Waals surface area contributed by atoms with Crippen LogP contribution in [0.2, 0.25) is 0 Å². The van der Waals surface area contributed by atoms with Crippen LogP contribution >= 0.6 is 0 Å². The molecule has 0 fully saturated rings. The Morgan fingerprint density at radius 1 is 0.867 bits per heavy atom. The average Bonchev–Trinajstić information content (AvgIpc) is 2.78. The number of amides is 2. The lowest BCUT2D eigenvalue weighted by Gasteiger charge is -2.09. The number of carbonyl (C=O) groups excluding carboxylic acids is 2. The van der Waals surface area contributed by atoms with Crippen LogP contribution in [0.3, 0.4) is 0 Å². The van der Waals surface area contributed by atoms with Gasteiger partial charge in [0.1, 0.15) is 12.4 Å². The number of nitrogens with one attached hydrogen (secondary N) is 2. The lowest BCUT2D eigenvalue weighted by Crippen LogP contribution is -2.21. The van der Waals surface area contributed by atoms with Gasteiger partial charge in [0.15, 0.2) is 0 Å². The zero-order valence-electron chi connectivity index (χ0n) is 16.7. The van der Waals surface area contributed by atoms with Gasteiger partial charge in [0.2, 0.25) is 5.91 Å². The van der Waals surface area contributed by atoms with Crippen molar-refractivity contribution in [3.63, 3.8) is 0 Å². The lowest BCUT2D eigenvalue weighted by atomic mass is 10.2. The summed E-state index contributed by atoms with van der Waals surface area (Å²) in [5, 5.41) is 6.79. The van der Waals surface area contributed by atoms with E-state index in [2.05, 4.69) is 15.8 Å². The summed E-state index contributed by atoms with van der Waals surface area (Å²) in [6.45, 7) is 2.17. The molecular weight excluding hydrogens is 378 g/mol. The van der Waals surface area contributed by atoms with Crippen molar-refractivity contribution in [3.05, 3.63) is 96.1 Å². The van der Waals surface area contributed by atoms with Crippen LogP contribution in [-0.4, -0.2) is 17.5 Å². The van der Waals surface area contributed by atoms with Crippen molar-refractivity contribution in [1.82, 2.24) is 5.43 Å². The Balaban J connectivity index is 1.45. The Hall–Kier alpha value is -3.93. The van der Waals surface area contributed by atoms with E-state index in [0.29, 0.717) is 23.6 Å². The summed E-state index contributed by atoms with van der Waals surface area (Å²) in [4.78, 5) is 24.2. The molecule has 0 aliphatic rings. The van der Waals surface area contributed by atoms with Gasteiger partial charge in [0.05, 0.1) is 6.42 Å². The zero-order valence-corrected chi connectivity index (χ0v) is 16.7. The largest absolute Gasteiger partial charge is 0.489 e. The van der Waals surface area contributed by atoms with Crippen molar-refractivity contribution in [2.24, 2.45) is 5.10 Å². The van der Waals surface area contributed by atoms with Crippen LogP contribution in [0.1, 0.15) is 29.3 Å². The van der Waals surface area contributed by atoms with E-state index in [-0.39, 0.29) is 18.2 Å². The maximum absolute atomic E-state index is 12.2. The highest BCUT2D eigenvalue weighted by Gasteiger charge is 2.07. The Kier molecular flexibility index (Phi) is 7.33. The number of rotatable bonds is 8. The fourth-order valence-corrected chi connectivity index (χ4v) is 2.65. The molecule has 0 aliphatic carbocycles. The Labute approximate surface area is 175 Å². The molecule has 0 atom stereocenters. The van der Waals surface area contributed by atoms with Gasteiger partial charge < -0.3 is 10.1 Å². The minimum Gasteiger partial charge on any atom is -0.489 e. The standard InChI is InChI=1S/C24H23N3O3/c1-18(26-27-24(29)20-10-6-3-7-11-20)16-23(28)25-21-12-14-22(15-13-21)30-17-19-8-4-2-5-9-19/h2-15H,16-17H2,1H3,(H,25,28)(H,27,29)/b26-18+. The molecule has 0 bridgehead atoms. The Bertz CT molecular complexity index is 1000. The van der Waals surface area contributed by atoms with Gasteiger partial charge >= 0.3 is 0 Å². The second kappa shape index (κ2) is 10.6. The third-order valence-electron chi connectivity index (χ3n) is 4.19. The van der Waals surface area contributed by atoms with Gasteiger partial charge in [-0.15, -0.1) is 0 Å². The first-order chi connectivity index (χ1) is 14.6. The summed E-state index contributed by atoms with van der Waals surface area (Å²) in [5.74, 6) is 0.183. The van der Waals surface area contributed by atoms with Crippen LogP contribution in [0.4, 0.5) is 5.69 Å². The van der Waals surface area contributed by atoms with Crippen LogP contribution in [0, 0.1) is 0 Å². The summed E-state index contributed by atoms with van der Waals surface area (Å²) in [6.07, 6.45) is 0.0708. The van der Waals surface area contributed by atoms with Gasteiger partial charge in [-0.05, 0) is 48.9 Å². The summed E-state index contributed by atoms with van der Waals surface area (Å²) < 4.78 is 5.74. The van der Waals surface area contributed by atoms with E-state index in [1.54, 1.807) is 55.5 Å². The highest BCUT2D eigenvalue weighted by atomic mass is 16.5. The van der Waals surface area contributed by atoms with Crippen LogP contribution in [0.15, 0.2) is 90.0 Å². The van der Waals surface area contributed by atoms with E-state index in [0.717, 1.165) is 11.3 Å². The Morgan fingerprint density at radius 2 is 1.50 bits per heavy atom. The van der Waals surface area contributed by atoms with E-state index in [1.807, 2.05) is 36.4 Å². The molecule has 3 aromatic rings. The normalized spacial score (nSPS) is 10.9. The minimum atomic E-state index is -0.318. The molecule has 30 heavy (non-hydrogen) atoms. The van der Waals surface area contributed by atoms with Gasteiger partial charge in [-0.3, -0.25) is 9.59 Å². The van der Waals surface area contributed by atoms with E-state index in [1.165, 1.54) is 0 Å². The minimum absolute atomic E-state index is 0.0708. The predicted octanol–water partition coefficient (Wildman–Crippen LogP) is 4.40. The molecule has 0 saturated carbocycles. The summed E-state index contributed by atoms with van der Waals surface area (Å²) >= 11 is 0. The first-order valence-electron chi connectivity index (χ1n) is 9.55. The molecule has 2 amide bonds. The average molecular weight is 401 g/mol. The predicted molar refractivity (Wildman–Crippen MR) is 117 cm³/mol. The summed E-state index contributed by atoms with van der Waals surface area (Å²) in [5.41, 5.74) is 5.21. The number of hydrogen-bond acceptors (Lipinski definition) is 4. The third-order valence-corrected chi connectivity index (χ3v) is 4.19. The molecule has 0 spiro atoms. The van der Waals surface area contributed by atoms with Crippen molar-refractivity contribution >= 4 is 23.2 Å². The van der Waals surface area contributed by atoms with Crippen molar-refractivity contribution < 1.29 is 14.3 Å². The van der Waals surface area contributed by atoms with E-state index in [4.69, 9.17) is 4.74 Å². The molecule has 0 heterocycles. The monoisotopic (exact) mass is 401 g/mol. The lowest BCUT2D eigenvalue weighted by molar-refractivity contribution is -0.115. The second-order valence-electron chi connectivity index (χ2n) is 6.68. The molecule has 0 radical (unpaired) electrons. The zero-order chi connectivity index (χ0) is 21.2. The van der Waals surface area contributed by atoms with Gasteiger partial charge in [-0.2, -0.15) is 5.10 Å². The fourth-order valence-electron chi connectivity index (χ4n) is 2.65. The number of benzene rings is 3. The van der Waals surface area contributed by atoms with Crippen LogP contribution in [0.5, 0.6) is 5.75 Å². The molecular formula is C24H23N3O3. The van der Waals surface area contributed by atoms with Crippen molar-refractivity contribution in [3.8, 4) is 5.75 Å². The van der Waals surface area contributed by atoms with Gasteiger partial charge in [0.25, 0.3) is 5.91 Å². The topological polar surface area (TPSA) is 79.8 Å². The maximum Gasteiger partial charge on any atom is 0.271 e. The van der Waals surface area contributed by atoms with E-state index < -0.39 is 0 Å². The van der Waals surface area contributed by atoms with E-state index in [9.17, 15) is 9.59 Å². The second-order valence-corrected chi connectivity index (χ2v) is 6.68. The molecule has 6 heteroatoms. The van der Waals surface area contributed by atoms with Crippen molar-refractivity contribution in [2.75, 3.05) is 5.32 Å². The molecule has 6 nitrogen and oxygen atoms in total. The van der Waals surface area contributed by atoms with Gasteiger partial charge in [0, 0.05) is 17.0 Å². The summed E-state index contributed by atoms with van der Waals surface area (Å²) in [7, 11) is 0. The molecule has 0 aliphatic heterocycles. The first kappa shape index (κ1) is 20.8. The van der Waals surface area contributed by atoms with Crippen LogP contribution < -0.4 is 15.5 Å². The molecule has 0 saturated heterocycles. The number of hydrogen-bond donors (Lipinski definition) is 2. The molecule has 0 unspecified atom stereocenters. The molecule has 3 rings (SSSR count). The quantitative estimate of drug-likeness (QED) is 0.434. The number of ether oxygens (including phenoxy) is 1. The van der Waals surface area contributed by atoms with E-state index >= 15 is 0 Å². The Morgan fingerprint density at radius 3 is 2.17 bits per heavy atom. The number of anilines is 1. The molecule has 3 aromatic carbocycles. The highest BCUT2D eigenvalue weighted by molar-refractivity contribution is 6.06.